The van der Waals surface area contributed by atoms with Gasteiger partial charge in [-0.2, -0.15) is 9.61 Å². The summed E-state index contributed by atoms with van der Waals surface area (Å²) < 4.78 is 15.8. The first-order valence-corrected chi connectivity index (χ1v) is 7.97. The lowest BCUT2D eigenvalue weighted by atomic mass is 10.0. The molecule has 0 bridgehead atoms. The Morgan fingerprint density at radius 3 is 3.00 bits per heavy atom. The molecule has 6 nitrogen and oxygen atoms in total. The molecule has 0 spiro atoms. The highest BCUT2D eigenvalue weighted by Gasteiger charge is 2.24. The van der Waals surface area contributed by atoms with Crippen LogP contribution >= 0.6 is 0 Å². The Morgan fingerprint density at radius 2 is 2.17 bits per heavy atom. The van der Waals surface area contributed by atoms with E-state index in [4.69, 9.17) is 0 Å². The van der Waals surface area contributed by atoms with Crippen molar-refractivity contribution in [2.75, 3.05) is 18.4 Å². The first-order chi connectivity index (χ1) is 11.7. The summed E-state index contributed by atoms with van der Waals surface area (Å²) >= 11 is 0. The molecule has 124 valence electrons. The van der Waals surface area contributed by atoms with Crippen LogP contribution in [-0.2, 0) is 0 Å². The number of piperidine rings is 1. The second-order valence-electron chi connectivity index (χ2n) is 5.92. The number of nitrogens with zero attached hydrogens (tertiary/aromatic N) is 3. The molecule has 0 unspecified atom stereocenters. The number of halogens is 1. The van der Waals surface area contributed by atoms with Gasteiger partial charge in [0.05, 0.1) is 24.0 Å². The summed E-state index contributed by atoms with van der Waals surface area (Å²) in [6.45, 7) is 1.45. The predicted molar refractivity (Wildman–Crippen MR) is 89.3 cm³/mol. The molecule has 2 atom stereocenters. The molecule has 3 aromatic rings. The molecule has 3 N–H and O–H groups in total. The quantitative estimate of drug-likeness (QED) is 0.682. The summed E-state index contributed by atoms with van der Waals surface area (Å²) in [6.07, 6.45) is 1.89. The Bertz CT molecular complexity index is 865. The van der Waals surface area contributed by atoms with Crippen LogP contribution in [0.1, 0.15) is 6.42 Å². The maximum absolute atomic E-state index is 14.1. The second-order valence-corrected chi connectivity index (χ2v) is 5.92. The highest BCUT2D eigenvalue weighted by atomic mass is 19.1. The summed E-state index contributed by atoms with van der Waals surface area (Å²) in [5.74, 6) is 0.357. The van der Waals surface area contributed by atoms with Crippen LogP contribution in [0.2, 0.25) is 0 Å². The van der Waals surface area contributed by atoms with Gasteiger partial charge in [0.15, 0.2) is 5.65 Å². The van der Waals surface area contributed by atoms with Crippen molar-refractivity contribution in [2.45, 2.75) is 18.6 Å². The summed E-state index contributed by atoms with van der Waals surface area (Å²) in [5.41, 5.74) is 1.59. The van der Waals surface area contributed by atoms with E-state index >= 15 is 0 Å². The predicted octanol–water partition coefficient (Wildman–Crippen LogP) is 1.67. The summed E-state index contributed by atoms with van der Waals surface area (Å²) in [7, 11) is 0. The van der Waals surface area contributed by atoms with E-state index in [-0.39, 0.29) is 11.9 Å². The maximum atomic E-state index is 14.1. The lowest BCUT2D eigenvalue weighted by molar-refractivity contribution is 0.124. The van der Waals surface area contributed by atoms with E-state index in [2.05, 4.69) is 20.7 Å². The first-order valence-electron chi connectivity index (χ1n) is 7.97. The number of hydrogen-bond donors (Lipinski definition) is 3. The molecule has 1 aliphatic rings. The molecule has 1 aromatic carbocycles. The monoisotopic (exact) mass is 327 g/mol. The Balaban J connectivity index is 1.77. The van der Waals surface area contributed by atoms with Crippen LogP contribution in [0.15, 0.2) is 42.6 Å². The normalized spacial score (nSPS) is 21.1. The van der Waals surface area contributed by atoms with E-state index in [9.17, 15) is 9.50 Å². The van der Waals surface area contributed by atoms with Gasteiger partial charge in [-0.05, 0) is 25.1 Å². The number of fused-ring (bicyclic) bond motifs is 1. The molecule has 1 fully saturated rings. The van der Waals surface area contributed by atoms with Gasteiger partial charge in [0.1, 0.15) is 11.6 Å². The SMILES string of the molecule is O[C@@H]1CCNC[C@H]1Nc1cc(-c2ccccc2F)nc2ccnn12. The standard InChI is InChI=1S/C17H18FN5O/c18-12-4-2-1-3-11(12)13-9-17(23-16(21-13)6-8-20-23)22-14-10-19-7-5-15(14)24/h1-4,6,8-9,14-15,19,22,24H,5,7,10H2/t14-,15-/m1/s1. The van der Waals surface area contributed by atoms with Gasteiger partial charge in [-0.1, -0.05) is 12.1 Å². The molecule has 3 heterocycles. The Labute approximate surface area is 138 Å². The zero-order valence-electron chi connectivity index (χ0n) is 13.0. The molecule has 0 saturated carbocycles. The molecule has 1 saturated heterocycles. The van der Waals surface area contributed by atoms with Gasteiger partial charge in [-0.25, -0.2) is 9.37 Å². The highest BCUT2D eigenvalue weighted by molar-refractivity contribution is 5.67. The van der Waals surface area contributed by atoms with Crippen LogP contribution in [-0.4, -0.2) is 44.9 Å². The van der Waals surface area contributed by atoms with Crippen molar-refractivity contribution in [3.63, 3.8) is 0 Å². The van der Waals surface area contributed by atoms with Gasteiger partial charge in [0.2, 0.25) is 0 Å². The van der Waals surface area contributed by atoms with Crippen LogP contribution in [0.4, 0.5) is 10.2 Å². The van der Waals surface area contributed by atoms with E-state index in [1.54, 1.807) is 41.0 Å². The van der Waals surface area contributed by atoms with E-state index in [0.717, 1.165) is 6.54 Å². The average molecular weight is 327 g/mol. The third-order valence-corrected chi connectivity index (χ3v) is 4.29. The minimum atomic E-state index is -0.443. The number of benzene rings is 1. The Kier molecular flexibility index (Phi) is 3.87. The minimum absolute atomic E-state index is 0.137. The fourth-order valence-electron chi connectivity index (χ4n) is 3.00. The van der Waals surface area contributed by atoms with Crippen molar-refractivity contribution in [3.05, 3.63) is 48.4 Å². The van der Waals surface area contributed by atoms with Crippen molar-refractivity contribution in [1.82, 2.24) is 19.9 Å². The molecule has 0 amide bonds. The van der Waals surface area contributed by atoms with Crippen LogP contribution in [0.25, 0.3) is 16.9 Å². The molecule has 1 aliphatic heterocycles. The van der Waals surface area contributed by atoms with E-state index in [1.165, 1.54) is 6.07 Å². The van der Waals surface area contributed by atoms with Crippen molar-refractivity contribution < 1.29 is 9.50 Å². The summed E-state index contributed by atoms with van der Waals surface area (Å²) in [5, 5.41) is 21.0. The van der Waals surface area contributed by atoms with Crippen LogP contribution in [0, 0.1) is 5.82 Å². The topological polar surface area (TPSA) is 74.5 Å². The largest absolute Gasteiger partial charge is 0.391 e. The zero-order chi connectivity index (χ0) is 16.5. The van der Waals surface area contributed by atoms with Gasteiger partial charge in [0.25, 0.3) is 0 Å². The molecule has 7 heteroatoms. The molecule has 2 aromatic heterocycles. The maximum Gasteiger partial charge on any atom is 0.157 e. The Hall–Kier alpha value is -2.51. The minimum Gasteiger partial charge on any atom is -0.391 e. The first kappa shape index (κ1) is 15.0. The van der Waals surface area contributed by atoms with Crippen LogP contribution < -0.4 is 10.6 Å². The molecular formula is C17H18FN5O. The summed E-state index contributed by atoms with van der Waals surface area (Å²) in [4.78, 5) is 4.48. The van der Waals surface area contributed by atoms with Crippen molar-refractivity contribution in [2.24, 2.45) is 0 Å². The molecule has 0 radical (unpaired) electrons. The van der Waals surface area contributed by atoms with E-state index in [1.807, 2.05) is 0 Å². The number of nitrogens with one attached hydrogen (secondary N) is 2. The summed E-state index contributed by atoms with van der Waals surface area (Å²) in [6, 6.07) is 9.94. The lowest BCUT2D eigenvalue weighted by Gasteiger charge is -2.30. The van der Waals surface area contributed by atoms with Crippen LogP contribution in [0.3, 0.4) is 0 Å². The van der Waals surface area contributed by atoms with Gasteiger partial charge in [-0.3, -0.25) is 0 Å². The van der Waals surface area contributed by atoms with Gasteiger partial charge < -0.3 is 15.7 Å². The van der Waals surface area contributed by atoms with E-state index in [0.29, 0.717) is 35.7 Å². The molecule has 24 heavy (non-hydrogen) atoms. The van der Waals surface area contributed by atoms with Gasteiger partial charge in [0, 0.05) is 24.2 Å². The zero-order valence-corrected chi connectivity index (χ0v) is 13.0. The Morgan fingerprint density at radius 1 is 1.29 bits per heavy atom. The van der Waals surface area contributed by atoms with Gasteiger partial charge in [-0.15, -0.1) is 0 Å². The third-order valence-electron chi connectivity index (χ3n) is 4.29. The molecule has 0 aliphatic carbocycles. The molecular weight excluding hydrogens is 309 g/mol. The van der Waals surface area contributed by atoms with Crippen LogP contribution in [0.5, 0.6) is 0 Å². The highest BCUT2D eigenvalue weighted by Crippen LogP contribution is 2.25. The molecule has 4 rings (SSSR count). The van der Waals surface area contributed by atoms with Crippen molar-refractivity contribution in [3.8, 4) is 11.3 Å². The third kappa shape index (κ3) is 2.72. The van der Waals surface area contributed by atoms with Crippen molar-refractivity contribution >= 4 is 11.5 Å². The van der Waals surface area contributed by atoms with E-state index < -0.39 is 6.10 Å². The lowest BCUT2D eigenvalue weighted by Crippen LogP contribution is -2.48. The number of aromatic nitrogens is 3. The van der Waals surface area contributed by atoms with Gasteiger partial charge >= 0.3 is 0 Å². The number of rotatable bonds is 3. The average Bonchev–Trinajstić information content (AvgIpc) is 3.06. The number of aliphatic hydroxyl groups is 1. The fraction of sp³-hybridized carbons (Fsp3) is 0.294. The smallest absolute Gasteiger partial charge is 0.157 e. The number of aliphatic hydroxyl groups excluding tert-OH is 1. The van der Waals surface area contributed by atoms with Crippen molar-refractivity contribution in [1.29, 1.82) is 0 Å². The second kappa shape index (κ2) is 6.18. The number of hydrogen-bond acceptors (Lipinski definition) is 5. The number of anilines is 1. The fourth-order valence-corrected chi connectivity index (χ4v) is 3.00.